The molecule has 45 heavy (non-hydrogen) atoms. The van der Waals surface area contributed by atoms with Gasteiger partial charge in [-0.05, 0) is 36.8 Å². The van der Waals surface area contributed by atoms with Crippen LogP contribution in [0.5, 0.6) is 0 Å². The Labute approximate surface area is 264 Å². The van der Waals surface area contributed by atoms with Crippen LogP contribution in [0.25, 0.3) is 0 Å². The van der Waals surface area contributed by atoms with Gasteiger partial charge in [-0.3, -0.25) is 9.69 Å². The molecular weight excluding hydrogens is 608 g/mol. The van der Waals surface area contributed by atoms with Crippen molar-refractivity contribution in [1.82, 2.24) is 24.7 Å². The summed E-state index contributed by atoms with van der Waals surface area (Å²) in [5, 5.41) is 25.2. The molecule has 3 aliphatic rings. The highest BCUT2D eigenvalue weighted by atomic mass is 32.2. The third-order valence-electron chi connectivity index (χ3n) is 9.11. The van der Waals surface area contributed by atoms with E-state index >= 15 is 0 Å². The zero-order valence-electron chi connectivity index (χ0n) is 26.2. The molecule has 1 aromatic carbocycles. The number of hydrogen-bond donors (Lipinski definition) is 4. The van der Waals surface area contributed by atoms with Crippen LogP contribution in [0.4, 0.5) is 14.0 Å². The van der Waals surface area contributed by atoms with Crippen LogP contribution >= 0.6 is 0 Å². The van der Waals surface area contributed by atoms with Crippen molar-refractivity contribution < 1.29 is 42.0 Å². The lowest BCUT2D eigenvalue weighted by Gasteiger charge is -2.35. The van der Waals surface area contributed by atoms with Crippen LogP contribution in [0.15, 0.2) is 18.2 Å². The van der Waals surface area contributed by atoms with Gasteiger partial charge < -0.3 is 30.3 Å². The number of nitrogens with one attached hydrogen (secondary N) is 2. The molecule has 4 atom stereocenters. The van der Waals surface area contributed by atoms with Crippen LogP contribution in [0.2, 0.25) is 0 Å². The minimum Gasteiger partial charge on any atom is -0.444 e. The summed E-state index contributed by atoms with van der Waals surface area (Å²) >= 11 is 0. The Bertz CT molecular complexity index is 1330. The molecule has 2 heterocycles. The van der Waals surface area contributed by atoms with Crippen LogP contribution in [-0.2, 0) is 32.6 Å². The second-order valence-corrected chi connectivity index (χ2v) is 14.5. The lowest BCUT2D eigenvalue weighted by Crippen LogP contribution is -2.57. The van der Waals surface area contributed by atoms with Crippen molar-refractivity contribution in [2.24, 2.45) is 5.92 Å². The van der Waals surface area contributed by atoms with Crippen molar-refractivity contribution in [1.29, 1.82) is 0 Å². The second-order valence-electron chi connectivity index (χ2n) is 12.5. The van der Waals surface area contributed by atoms with Gasteiger partial charge in [0.1, 0.15) is 18.0 Å². The number of nitrogens with zero attached hydrogens (tertiary/aromatic N) is 3. The fourth-order valence-corrected chi connectivity index (χ4v) is 6.90. The highest BCUT2D eigenvalue weighted by molar-refractivity contribution is 7.88. The van der Waals surface area contributed by atoms with Gasteiger partial charge in [0.05, 0.1) is 25.3 Å². The Morgan fingerprint density at radius 3 is 2.49 bits per heavy atom. The molecular formula is C29H45BFN5O8S. The molecule has 4 amide bonds. The fraction of sp³-hybridized carbons (Fsp3) is 0.690. The first-order valence-electron chi connectivity index (χ1n) is 15.6. The summed E-state index contributed by atoms with van der Waals surface area (Å²) in [5.41, 5.74) is 1.09. The number of likely N-dealkylation sites (N-methyl/N-ethyl adjacent to an activating group) is 1. The second kappa shape index (κ2) is 15.1. The zero-order valence-corrected chi connectivity index (χ0v) is 27.0. The average Bonchev–Trinajstić information content (AvgIpc) is 3.62. The molecule has 13 nitrogen and oxygen atoms in total. The van der Waals surface area contributed by atoms with Gasteiger partial charge in [0.25, 0.3) is 0 Å². The highest BCUT2D eigenvalue weighted by Gasteiger charge is 2.44. The summed E-state index contributed by atoms with van der Waals surface area (Å²) in [5.74, 6) is -1.98. The summed E-state index contributed by atoms with van der Waals surface area (Å²) in [6.45, 7) is 1.96. The molecule has 0 bridgehead atoms. The molecule has 1 saturated heterocycles. The highest BCUT2D eigenvalue weighted by Crippen LogP contribution is 2.30. The third kappa shape index (κ3) is 8.86. The first kappa shape index (κ1) is 34.9. The largest absolute Gasteiger partial charge is 0.475 e. The van der Waals surface area contributed by atoms with Crippen LogP contribution in [0.3, 0.4) is 0 Å². The molecule has 0 unspecified atom stereocenters. The predicted molar refractivity (Wildman–Crippen MR) is 164 cm³/mol. The van der Waals surface area contributed by atoms with Crippen molar-refractivity contribution in [3.8, 4) is 0 Å². The Morgan fingerprint density at radius 2 is 1.87 bits per heavy atom. The van der Waals surface area contributed by atoms with E-state index in [2.05, 4.69) is 10.6 Å². The summed E-state index contributed by atoms with van der Waals surface area (Å²) in [6.07, 6.45) is 4.94. The molecule has 2 fully saturated rings. The van der Waals surface area contributed by atoms with E-state index in [9.17, 15) is 37.2 Å². The van der Waals surface area contributed by atoms with Gasteiger partial charge in [-0.1, -0.05) is 44.7 Å². The Balaban J connectivity index is 1.51. The van der Waals surface area contributed by atoms with Crippen molar-refractivity contribution >= 4 is 35.2 Å². The topological polar surface area (TPSA) is 169 Å². The van der Waals surface area contributed by atoms with Crippen LogP contribution in [0, 0.1) is 11.7 Å². The summed E-state index contributed by atoms with van der Waals surface area (Å²) in [4.78, 5) is 43.1. The van der Waals surface area contributed by atoms with E-state index in [1.165, 1.54) is 27.2 Å². The molecule has 1 aliphatic carbocycles. The number of likely N-dealkylation sites (tertiary alicyclic amines) is 1. The van der Waals surface area contributed by atoms with Gasteiger partial charge >= 0.3 is 19.2 Å². The summed E-state index contributed by atoms with van der Waals surface area (Å²) < 4.78 is 45.6. The van der Waals surface area contributed by atoms with Gasteiger partial charge in [0, 0.05) is 38.2 Å². The minimum atomic E-state index is -3.52. The van der Waals surface area contributed by atoms with Gasteiger partial charge in [-0.25, -0.2) is 26.7 Å². The number of ether oxygens (including phenoxy) is 1. The lowest BCUT2D eigenvalue weighted by atomic mass is 9.76. The fourth-order valence-electron chi connectivity index (χ4n) is 6.47. The maximum Gasteiger partial charge on any atom is 0.475 e. The molecule has 1 saturated carbocycles. The van der Waals surface area contributed by atoms with E-state index in [0.29, 0.717) is 17.5 Å². The van der Waals surface area contributed by atoms with Gasteiger partial charge in [0.2, 0.25) is 15.9 Å². The maximum absolute atomic E-state index is 14.3. The van der Waals surface area contributed by atoms with E-state index in [4.69, 9.17) is 4.74 Å². The van der Waals surface area contributed by atoms with E-state index in [0.717, 1.165) is 38.4 Å². The van der Waals surface area contributed by atoms with Crippen LogP contribution < -0.4 is 10.6 Å². The van der Waals surface area contributed by atoms with E-state index in [1.54, 1.807) is 12.1 Å². The SMILES string of the molecule is CCC[C@H](NC(=O)[C@@H]1C[C@@H](OC(=O)N2Cc3cccc(F)c3C2)CN1C(=O)N[C@H](CN(C)S(C)(=O)=O)C1CCCCC1)B(O)O. The molecule has 250 valence electrons. The number of carbonyl (C=O) groups excluding carboxylic acids is 3. The van der Waals surface area contributed by atoms with Crippen molar-refractivity contribution in [3.63, 3.8) is 0 Å². The molecule has 0 spiro atoms. The zero-order chi connectivity index (χ0) is 32.9. The molecule has 1 aromatic rings. The summed E-state index contributed by atoms with van der Waals surface area (Å²) in [7, 11) is -3.88. The van der Waals surface area contributed by atoms with Crippen LogP contribution in [-0.4, -0.2) is 108 Å². The maximum atomic E-state index is 14.3. The molecule has 4 N–H and O–H groups in total. The minimum absolute atomic E-state index is 0.0334. The van der Waals surface area contributed by atoms with Gasteiger partial charge in [0.15, 0.2) is 0 Å². The van der Waals surface area contributed by atoms with Crippen molar-refractivity contribution in [2.75, 3.05) is 26.4 Å². The number of amides is 4. The predicted octanol–water partition coefficient (Wildman–Crippen LogP) is 1.57. The Kier molecular flexibility index (Phi) is 11.7. The lowest BCUT2D eigenvalue weighted by molar-refractivity contribution is -0.125. The number of benzene rings is 1. The normalized spacial score (nSPS) is 21.8. The van der Waals surface area contributed by atoms with Crippen LogP contribution in [0.1, 0.15) is 69.4 Å². The van der Waals surface area contributed by atoms with E-state index in [1.807, 2.05) is 6.92 Å². The standard InChI is InChI=1S/C29H45BFN5O8S/c1-4-9-26(30(40)41)33-27(37)25-14-21(44-29(39)35-15-20-12-8-13-23(31)22(20)17-35)16-36(25)28(38)32-24(18-34(2)45(3,42)43)19-10-6-5-7-11-19/h8,12-13,19,21,24-26,40-41H,4-7,9-11,14-18H2,1-3H3,(H,32,38)(H,33,37)/t21-,24-,25+,26+/m1/s1. The number of carbonyl (C=O) groups is 3. The number of urea groups is 1. The quantitative estimate of drug-likeness (QED) is 0.261. The van der Waals surface area contributed by atoms with E-state index in [-0.39, 0.29) is 44.9 Å². The molecule has 0 radical (unpaired) electrons. The number of fused-ring (bicyclic) bond motifs is 1. The Hall–Kier alpha value is -2.95. The smallest absolute Gasteiger partial charge is 0.444 e. The van der Waals surface area contributed by atoms with Crippen molar-refractivity contribution in [3.05, 3.63) is 35.1 Å². The first-order chi connectivity index (χ1) is 21.3. The first-order valence-corrected chi connectivity index (χ1v) is 17.5. The summed E-state index contributed by atoms with van der Waals surface area (Å²) in [6, 6.07) is 2.40. The Morgan fingerprint density at radius 1 is 1.16 bits per heavy atom. The molecule has 4 rings (SSSR count). The third-order valence-corrected chi connectivity index (χ3v) is 10.4. The average molecular weight is 654 g/mol. The molecule has 0 aromatic heterocycles. The van der Waals surface area contributed by atoms with Gasteiger partial charge in [-0.2, -0.15) is 0 Å². The van der Waals surface area contributed by atoms with E-state index < -0.39 is 65.1 Å². The molecule has 16 heteroatoms. The number of rotatable bonds is 11. The van der Waals surface area contributed by atoms with Crippen molar-refractivity contribution in [2.45, 2.75) is 95.5 Å². The number of halogens is 1. The number of hydrogen-bond acceptors (Lipinski definition) is 8. The van der Waals surface area contributed by atoms with Gasteiger partial charge in [-0.15, -0.1) is 0 Å². The molecule has 2 aliphatic heterocycles. The monoisotopic (exact) mass is 653 g/mol. The number of sulfonamides is 1.